The number of amides is 1. The second kappa shape index (κ2) is 7.21. The maximum atomic E-state index is 11.7. The normalized spacial score (nSPS) is 10.7. The quantitative estimate of drug-likeness (QED) is 0.663. The highest BCUT2D eigenvalue weighted by atomic mass is 79.9. The third-order valence-corrected chi connectivity index (χ3v) is 4.06. The number of nitrogens with one attached hydrogen (secondary N) is 1. The molecule has 20 heavy (non-hydrogen) atoms. The maximum Gasteiger partial charge on any atom is 0.244 e. The zero-order valence-corrected chi connectivity index (χ0v) is 13.2. The second-order valence-electron chi connectivity index (χ2n) is 3.96. The lowest BCUT2D eigenvalue weighted by Crippen LogP contribution is -2.19. The molecular weight excluding hydrogens is 340 g/mol. The Bertz CT molecular complexity index is 608. The number of hydrogen-bond donors (Lipinski definition) is 1. The largest absolute Gasteiger partial charge is 0.497 e. The van der Waals surface area contributed by atoms with Crippen LogP contribution in [-0.4, -0.2) is 19.2 Å². The highest BCUT2D eigenvalue weighted by Gasteiger charge is 2.02. The van der Waals surface area contributed by atoms with Crippen molar-refractivity contribution in [2.45, 2.75) is 6.42 Å². The minimum atomic E-state index is -0.151. The first-order chi connectivity index (χ1) is 9.67. The van der Waals surface area contributed by atoms with E-state index in [9.17, 15) is 4.79 Å². The minimum Gasteiger partial charge on any atom is -0.497 e. The fourth-order valence-corrected chi connectivity index (χ4v) is 2.83. The molecule has 0 aliphatic rings. The number of ether oxygens (including phenoxy) is 1. The van der Waals surface area contributed by atoms with Gasteiger partial charge in [0.15, 0.2) is 0 Å². The Hall–Kier alpha value is -1.66. The average Bonchev–Trinajstić information content (AvgIpc) is 2.85. The van der Waals surface area contributed by atoms with Crippen molar-refractivity contribution in [3.05, 3.63) is 50.6 Å². The van der Waals surface area contributed by atoms with E-state index in [0.29, 0.717) is 0 Å². The van der Waals surface area contributed by atoms with E-state index in [1.807, 2.05) is 36.4 Å². The molecule has 0 atom stereocenters. The number of thiophene rings is 1. The fraction of sp³-hybridized carbons (Fsp3) is 0.143. The van der Waals surface area contributed by atoms with Gasteiger partial charge < -0.3 is 4.74 Å². The Morgan fingerprint density at radius 3 is 2.70 bits per heavy atom. The number of carbonyl (C=O) groups excluding carboxylic acids is 1. The summed E-state index contributed by atoms with van der Waals surface area (Å²) in [6.45, 7) is 0. The Balaban J connectivity index is 1.84. The maximum absolute atomic E-state index is 11.7. The number of hydrazone groups is 1. The van der Waals surface area contributed by atoms with Gasteiger partial charge in [0.05, 0.1) is 23.5 Å². The smallest absolute Gasteiger partial charge is 0.244 e. The first-order valence-electron chi connectivity index (χ1n) is 5.87. The van der Waals surface area contributed by atoms with Crippen molar-refractivity contribution < 1.29 is 9.53 Å². The van der Waals surface area contributed by atoms with Gasteiger partial charge in [-0.3, -0.25) is 4.79 Å². The summed E-state index contributed by atoms with van der Waals surface area (Å²) in [5.74, 6) is 0.623. The van der Waals surface area contributed by atoms with Crippen LogP contribution in [0.25, 0.3) is 0 Å². The SMILES string of the molecule is COc1ccc(CC(=O)N/N=C/c2ccc(Br)s2)cc1. The molecule has 1 N–H and O–H groups in total. The molecule has 0 aliphatic carbocycles. The summed E-state index contributed by atoms with van der Waals surface area (Å²) in [4.78, 5) is 12.7. The third kappa shape index (κ3) is 4.47. The number of hydrogen-bond acceptors (Lipinski definition) is 4. The summed E-state index contributed by atoms with van der Waals surface area (Å²) >= 11 is 4.92. The molecule has 1 heterocycles. The summed E-state index contributed by atoms with van der Waals surface area (Å²) in [5, 5.41) is 3.93. The standard InChI is InChI=1S/C14H13BrN2O2S/c1-19-11-4-2-10(3-5-11)8-14(18)17-16-9-12-6-7-13(15)20-12/h2-7,9H,8H2,1H3,(H,17,18)/b16-9+. The number of rotatable bonds is 5. The van der Waals surface area contributed by atoms with Crippen LogP contribution in [0.15, 0.2) is 45.3 Å². The van der Waals surface area contributed by atoms with E-state index in [0.717, 1.165) is 20.0 Å². The lowest BCUT2D eigenvalue weighted by Gasteiger charge is -2.02. The molecule has 0 bridgehead atoms. The molecule has 1 aromatic carbocycles. The number of halogens is 1. The van der Waals surface area contributed by atoms with E-state index in [1.54, 1.807) is 24.7 Å². The zero-order valence-electron chi connectivity index (χ0n) is 10.8. The molecule has 0 unspecified atom stereocenters. The molecule has 0 fully saturated rings. The molecule has 4 nitrogen and oxygen atoms in total. The van der Waals surface area contributed by atoms with Crippen LogP contribution >= 0.6 is 27.3 Å². The molecule has 0 saturated carbocycles. The van der Waals surface area contributed by atoms with Gasteiger partial charge in [-0.25, -0.2) is 5.43 Å². The van der Waals surface area contributed by atoms with E-state index >= 15 is 0 Å². The monoisotopic (exact) mass is 352 g/mol. The molecule has 1 aromatic heterocycles. The van der Waals surface area contributed by atoms with Crippen molar-refractivity contribution in [2.24, 2.45) is 5.10 Å². The lowest BCUT2D eigenvalue weighted by molar-refractivity contribution is -0.120. The number of benzene rings is 1. The van der Waals surface area contributed by atoms with E-state index < -0.39 is 0 Å². The summed E-state index contributed by atoms with van der Waals surface area (Å²) < 4.78 is 6.09. The number of nitrogens with zero attached hydrogens (tertiary/aromatic N) is 1. The molecular formula is C14H13BrN2O2S. The highest BCUT2D eigenvalue weighted by molar-refractivity contribution is 9.11. The van der Waals surface area contributed by atoms with Crippen LogP contribution < -0.4 is 10.2 Å². The topological polar surface area (TPSA) is 50.7 Å². The summed E-state index contributed by atoms with van der Waals surface area (Å²) in [5.41, 5.74) is 3.42. The molecule has 1 amide bonds. The first kappa shape index (κ1) is 14.7. The predicted molar refractivity (Wildman–Crippen MR) is 84.5 cm³/mol. The van der Waals surface area contributed by atoms with Crippen molar-refractivity contribution >= 4 is 39.4 Å². The van der Waals surface area contributed by atoms with Crippen LogP contribution in [0.3, 0.4) is 0 Å². The van der Waals surface area contributed by atoms with Crippen LogP contribution in [0.4, 0.5) is 0 Å². The van der Waals surface area contributed by atoms with Gasteiger partial charge in [-0.05, 0) is 45.8 Å². The molecule has 6 heteroatoms. The second-order valence-corrected chi connectivity index (χ2v) is 6.45. The Kier molecular flexibility index (Phi) is 5.31. The van der Waals surface area contributed by atoms with Gasteiger partial charge in [0.25, 0.3) is 0 Å². The Morgan fingerprint density at radius 2 is 2.10 bits per heavy atom. The minimum absolute atomic E-state index is 0.151. The van der Waals surface area contributed by atoms with Crippen molar-refractivity contribution in [3.63, 3.8) is 0 Å². The van der Waals surface area contributed by atoms with E-state index in [1.165, 1.54) is 0 Å². The third-order valence-electron chi connectivity index (χ3n) is 2.50. The molecule has 104 valence electrons. The van der Waals surface area contributed by atoms with Crippen molar-refractivity contribution in [2.75, 3.05) is 7.11 Å². The Morgan fingerprint density at radius 1 is 1.35 bits per heavy atom. The number of carbonyl (C=O) groups is 1. The molecule has 2 aromatic rings. The van der Waals surface area contributed by atoms with Crippen LogP contribution in [0.2, 0.25) is 0 Å². The zero-order chi connectivity index (χ0) is 14.4. The molecule has 0 aliphatic heterocycles. The fourth-order valence-electron chi connectivity index (χ4n) is 1.53. The molecule has 0 radical (unpaired) electrons. The van der Waals surface area contributed by atoms with Gasteiger partial charge >= 0.3 is 0 Å². The van der Waals surface area contributed by atoms with Crippen LogP contribution in [0.5, 0.6) is 5.75 Å². The highest BCUT2D eigenvalue weighted by Crippen LogP contribution is 2.20. The molecule has 0 saturated heterocycles. The van der Waals surface area contributed by atoms with Gasteiger partial charge in [0.1, 0.15) is 5.75 Å². The summed E-state index contributed by atoms with van der Waals surface area (Å²) in [7, 11) is 1.61. The Labute approximate surface area is 129 Å². The van der Waals surface area contributed by atoms with Gasteiger partial charge in [0.2, 0.25) is 5.91 Å². The van der Waals surface area contributed by atoms with Crippen LogP contribution in [-0.2, 0) is 11.2 Å². The van der Waals surface area contributed by atoms with Crippen molar-refractivity contribution in [3.8, 4) is 5.75 Å². The molecule has 2 rings (SSSR count). The predicted octanol–water partition coefficient (Wildman–Crippen LogP) is 3.21. The first-order valence-corrected chi connectivity index (χ1v) is 7.48. The lowest BCUT2D eigenvalue weighted by atomic mass is 10.1. The molecule has 0 spiro atoms. The van der Waals surface area contributed by atoms with Crippen molar-refractivity contribution in [1.82, 2.24) is 5.43 Å². The van der Waals surface area contributed by atoms with Gasteiger partial charge in [-0.2, -0.15) is 5.10 Å². The summed E-state index contributed by atoms with van der Waals surface area (Å²) in [6, 6.07) is 11.2. The van der Waals surface area contributed by atoms with Gasteiger partial charge in [-0.1, -0.05) is 12.1 Å². The van der Waals surface area contributed by atoms with Crippen LogP contribution in [0.1, 0.15) is 10.4 Å². The number of methoxy groups -OCH3 is 1. The van der Waals surface area contributed by atoms with E-state index in [4.69, 9.17) is 4.74 Å². The summed E-state index contributed by atoms with van der Waals surface area (Å²) in [6.07, 6.45) is 1.91. The van der Waals surface area contributed by atoms with Crippen molar-refractivity contribution in [1.29, 1.82) is 0 Å². The van der Waals surface area contributed by atoms with Gasteiger partial charge in [-0.15, -0.1) is 11.3 Å². The van der Waals surface area contributed by atoms with Gasteiger partial charge in [0, 0.05) is 4.88 Å². The van der Waals surface area contributed by atoms with Crippen LogP contribution in [0, 0.1) is 0 Å². The average molecular weight is 353 g/mol. The van der Waals surface area contributed by atoms with E-state index in [2.05, 4.69) is 26.5 Å². The van der Waals surface area contributed by atoms with E-state index in [-0.39, 0.29) is 12.3 Å².